The molecule has 0 aromatic carbocycles. The summed E-state index contributed by atoms with van der Waals surface area (Å²) in [5.41, 5.74) is 5.45. The van der Waals surface area contributed by atoms with E-state index in [9.17, 15) is 9.59 Å². The Bertz CT molecular complexity index is 1370. The van der Waals surface area contributed by atoms with Crippen LogP contribution in [0.15, 0.2) is 47.1 Å². The molecule has 3 heteroatoms. The number of allylic oxidation sites excluding steroid dienone is 6. The van der Waals surface area contributed by atoms with Gasteiger partial charge < -0.3 is 4.74 Å². The maximum absolute atomic E-state index is 14.4. The summed E-state index contributed by atoms with van der Waals surface area (Å²) in [5, 5.41) is 0. The Hall–Kier alpha value is -1.90. The number of hydrogen-bond acceptors (Lipinski definition) is 3. The van der Waals surface area contributed by atoms with Crippen LogP contribution in [0.5, 0.6) is 0 Å². The van der Waals surface area contributed by atoms with Gasteiger partial charge in [-0.25, -0.2) is 0 Å². The quantitative estimate of drug-likeness (QED) is 0.162. The highest BCUT2D eigenvalue weighted by atomic mass is 16.5. The van der Waals surface area contributed by atoms with E-state index in [2.05, 4.69) is 94.0 Å². The van der Waals surface area contributed by atoms with E-state index in [0.717, 1.165) is 77.0 Å². The summed E-state index contributed by atoms with van der Waals surface area (Å²) in [6.07, 6.45) is 23.0. The van der Waals surface area contributed by atoms with Gasteiger partial charge in [0, 0.05) is 11.8 Å². The molecule has 0 bridgehead atoms. The van der Waals surface area contributed by atoms with Crippen LogP contribution in [-0.2, 0) is 14.3 Å². The van der Waals surface area contributed by atoms with Crippen molar-refractivity contribution in [3.8, 4) is 0 Å². The van der Waals surface area contributed by atoms with Crippen molar-refractivity contribution < 1.29 is 14.3 Å². The lowest BCUT2D eigenvalue weighted by Crippen LogP contribution is -2.66. The number of carbonyl (C=O) groups excluding carboxylic acids is 2. The van der Waals surface area contributed by atoms with Gasteiger partial charge in [0.1, 0.15) is 12.4 Å². The molecule has 0 heterocycles. The molecule has 0 radical (unpaired) electrons. The van der Waals surface area contributed by atoms with Crippen LogP contribution in [-0.4, -0.2) is 18.4 Å². The van der Waals surface area contributed by atoms with Crippen molar-refractivity contribution in [3.63, 3.8) is 0 Å². The summed E-state index contributed by atoms with van der Waals surface area (Å²) in [4.78, 5) is 27.6. The third-order valence-electron chi connectivity index (χ3n) is 16.1. The van der Waals surface area contributed by atoms with E-state index in [0.29, 0.717) is 42.0 Å². The Morgan fingerprint density at radius 1 is 0.776 bits per heavy atom. The fourth-order valence-corrected chi connectivity index (χ4v) is 13.3. The van der Waals surface area contributed by atoms with E-state index >= 15 is 0 Å². The van der Waals surface area contributed by atoms with Crippen LogP contribution in [0.25, 0.3) is 0 Å². The Morgan fingerprint density at radius 3 is 2.12 bits per heavy atom. The van der Waals surface area contributed by atoms with Gasteiger partial charge in [0.25, 0.3) is 0 Å². The average molecular weight is 673 g/mol. The van der Waals surface area contributed by atoms with Crippen LogP contribution in [0, 0.1) is 56.7 Å². The average Bonchev–Trinajstić information content (AvgIpc) is 3.38. The zero-order valence-corrected chi connectivity index (χ0v) is 33.4. The van der Waals surface area contributed by atoms with Crippen LogP contribution in [0.3, 0.4) is 0 Å². The third-order valence-corrected chi connectivity index (χ3v) is 16.1. The van der Waals surface area contributed by atoms with Crippen LogP contribution >= 0.6 is 0 Å². The highest BCUT2D eigenvalue weighted by Crippen LogP contribution is 2.77. The molecule has 0 aromatic rings. The monoisotopic (exact) mass is 673 g/mol. The second-order valence-corrected chi connectivity index (χ2v) is 19.5. The second kappa shape index (κ2) is 14.3. The molecule has 0 saturated heterocycles. The van der Waals surface area contributed by atoms with E-state index in [1.807, 2.05) is 0 Å². The summed E-state index contributed by atoms with van der Waals surface area (Å²) in [7, 11) is 0. The molecule has 274 valence electrons. The van der Waals surface area contributed by atoms with Crippen LogP contribution < -0.4 is 0 Å². The second-order valence-electron chi connectivity index (χ2n) is 19.5. The van der Waals surface area contributed by atoms with Gasteiger partial charge in [-0.15, -0.1) is 6.58 Å². The molecule has 0 N–H and O–H groups in total. The van der Waals surface area contributed by atoms with Gasteiger partial charge in [0.05, 0.1) is 5.41 Å². The van der Waals surface area contributed by atoms with Crippen LogP contribution in [0.1, 0.15) is 166 Å². The number of carbonyl (C=O) groups is 2. The normalized spacial score (nSPS) is 40.0. The first-order valence-corrected chi connectivity index (χ1v) is 20.2. The molecular formula is C46H72O3. The van der Waals surface area contributed by atoms with Gasteiger partial charge in [0.15, 0.2) is 0 Å². The minimum atomic E-state index is -0.360. The molecule has 5 saturated carbocycles. The summed E-state index contributed by atoms with van der Waals surface area (Å²) < 4.78 is 6.29. The van der Waals surface area contributed by atoms with Crippen molar-refractivity contribution in [1.29, 1.82) is 0 Å². The number of esters is 1. The molecule has 3 nitrogen and oxygen atoms in total. The zero-order valence-electron chi connectivity index (χ0n) is 33.4. The Balaban J connectivity index is 1.32. The largest absolute Gasteiger partial charge is 0.461 e. The maximum Gasteiger partial charge on any atom is 0.312 e. The molecule has 0 aromatic heterocycles. The predicted octanol–water partition coefficient (Wildman–Crippen LogP) is 12.6. The van der Waals surface area contributed by atoms with Crippen molar-refractivity contribution in [3.05, 3.63) is 47.1 Å². The minimum Gasteiger partial charge on any atom is -0.461 e. The van der Waals surface area contributed by atoms with Gasteiger partial charge in [0.2, 0.25) is 0 Å². The highest BCUT2D eigenvalue weighted by molar-refractivity contribution is 5.85. The molecule has 5 aliphatic rings. The molecule has 0 aliphatic heterocycles. The van der Waals surface area contributed by atoms with E-state index in [4.69, 9.17) is 4.74 Å². The lowest BCUT2D eigenvalue weighted by atomic mass is 9.32. The smallest absolute Gasteiger partial charge is 0.312 e. The van der Waals surface area contributed by atoms with Crippen molar-refractivity contribution in [1.82, 2.24) is 0 Å². The fourth-order valence-electron chi connectivity index (χ4n) is 13.3. The highest BCUT2D eigenvalue weighted by Gasteiger charge is 2.72. The van der Waals surface area contributed by atoms with E-state index < -0.39 is 0 Å². The van der Waals surface area contributed by atoms with Crippen LogP contribution in [0.4, 0.5) is 0 Å². The topological polar surface area (TPSA) is 43.4 Å². The maximum atomic E-state index is 14.4. The first-order chi connectivity index (χ1) is 22.9. The summed E-state index contributed by atoms with van der Waals surface area (Å²) >= 11 is 0. The standard InChI is InChI=1S/C46H72O3/c1-31(2)14-12-15-33(5)16-13-17-34(6)23-29-49-41(48)46-26-20-35(30-32(3)4)40(46)36-18-19-38-43(9)24-22-39(47)42(7,8)37(43)21-25-45(38,11)44(36,10)27-28-46/h14,16,23,35-38,40H,3,12-13,15,17-22,24-30H2,1-2,4-11H3/b33-16+,34-23+/t35-,36+,37?,38+,40?,43-,44+,45+,46-/m0/s1. The fraction of sp³-hybridized carbons (Fsp3) is 0.783. The Morgan fingerprint density at radius 2 is 1.45 bits per heavy atom. The lowest BCUT2D eigenvalue weighted by molar-refractivity contribution is -0.236. The van der Waals surface area contributed by atoms with Crippen molar-refractivity contribution in [2.45, 2.75) is 166 Å². The van der Waals surface area contributed by atoms with Gasteiger partial charge in [-0.3, -0.25) is 9.59 Å². The van der Waals surface area contributed by atoms with E-state index in [1.165, 1.54) is 41.6 Å². The van der Waals surface area contributed by atoms with Gasteiger partial charge in [-0.1, -0.05) is 69.1 Å². The van der Waals surface area contributed by atoms with Crippen molar-refractivity contribution in [2.75, 3.05) is 6.61 Å². The van der Waals surface area contributed by atoms with E-state index in [-0.39, 0.29) is 33.0 Å². The van der Waals surface area contributed by atoms with Crippen molar-refractivity contribution in [2.24, 2.45) is 56.7 Å². The number of ether oxygens (including phenoxy) is 1. The first-order valence-electron chi connectivity index (χ1n) is 20.2. The molecule has 5 rings (SSSR count). The van der Waals surface area contributed by atoms with Gasteiger partial charge in [-0.2, -0.15) is 0 Å². The number of hydrogen-bond donors (Lipinski definition) is 0. The molecule has 2 unspecified atom stereocenters. The Kier molecular flexibility index (Phi) is 11.2. The first kappa shape index (κ1) is 38.3. The van der Waals surface area contributed by atoms with Gasteiger partial charge >= 0.3 is 5.97 Å². The third kappa shape index (κ3) is 6.77. The molecule has 0 spiro atoms. The molecule has 5 aliphatic carbocycles. The molecular weight excluding hydrogens is 601 g/mol. The minimum absolute atomic E-state index is 0.0818. The van der Waals surface area contributed by atoms with E-state index in [1.54, 1.807) is 0 Å². The Labute approximate surface area is 301 Å². The summed E-state index contributed by atoms with van der Waals surface area (Å²) in [5.74, 6) is 3.09. The lowest BCUT2D eigenvalue weighted by Gasteiger charge is -2.72. The number of ketones is 1. The zero-order chi connectivity index (χ0) is 36.0. The number of rotatable bonds is 11. The van der Waals surface area contributed by atoms with Crippen LogP contribution in [0.2, 0.25) is 0 Å². The number of fused-ring (bicyclic) bond motifs is 7. The number of Topliss-reactive ketones (excluding diaryl/α,β-unsaturated/α-hetero) is 1. The van der Waals surface area contributed by atoms with Crippen molar-refractivity contribution >= 4 is 11.8 Å². The summed E-state index contributed by atoms with van der Waals surface area (Å²) in [6.45, 7) is 28.0. The molecule has 49 heavy (non-hydrogen) atoms. The molecule has 9 atom stereocenters. The molecule has 5 fully saturated rings. The molecule has 0 amide bonds. The summed E-state index contributed by atoms with van der Waals surface area (Å²) in [6, 6.07) is 0. The van der Waals surface area contributed by atoms with Gasteiger partial charge in [-0.05, 0) is 176 Å². The SMILES string of the molecule is C=C(C)C[C@@H]1CC[C@]2(C(=O)OC/C=C(\C)CC/C=C(\C)CCC=C(C)C)CC[C@]3(C)[C@H](CC[C@@H]4[C@@]5(C)CCC(=O)C(C)(C)C5CC[C@]43C)C12. The predicted molar refractivity (Wildman–Crippen MR) is 205 cm³/mol.